The molecule has 0 aliphatic rings. The Kier molecular flexibility index (Phi) is 4.35. The Morgan fingerprint density at radius 1 is 1.24 bits per heavy atom. The van der Waals surface area contributed by atoms with Gasteiger partial charge in [0.2, 0.25) is 0 Å². The zero-order valence-corrected chi connectivity index (χ0v) is 10.7. The fourth-order valence-corrected chi connectivity index (χ4v) is 1.57. The molecule has 2 aromatic carbocycles. The number of hydrogen-bond acceptors (Lipinski definition) is 4. The van der Waals surface area contributed by atoms with Crippen molar-refractivity contribution >= 4 is 17.8 Å². The molecule has 0 saturated carbocycles. The number of nitro groups is 1. The Morgan fingerprint density at radius 2 is 2.00 bits per heavy atom. The summed E-state index contributed by atoms with van der Waals surface area (Å²) in [7, 11) is 0. The van der Waals surface area contributed by atoms with Gasteiger partial charge in [-0.3, -0.25) is 14.9 Å². The zero-order valence-electron chi connectivity index (χ0n) is 10.7. The van der Waals surface area contributed by atoms with E-state index in [1.807, 2.05) is 0 Å². The zero-order chi connectivity index (χ0) is 15.2. The van der Waals surface area contributed by atoms with E-state index in [1.54, 1.807) is 6.07 Å². The number of nitrogens with one attached hydrogen (secondary N) is 1. The van der Waals surface area contributed by atoms with E-state index in [9.17, 15) is 19.3 Å². The lowest BCUT2D eigenvalue weighted by Crippen LogP contribution is -2.17. The first-order valence-electron chi connectivity index (χ1n) is 5.90. The van der Waals surface area contributed by atoms with Crippen molar-refractivity contribution in [3.63, 3.8) is 0 Å². The summed E-state index contributed by atoms with van der Waals surface area (Å²) < 4.78 is 13.3. The summed E-state index contributed by atoms with van der Waals surface area (Å²) in [4.78, 5) is 21.8. The van der Waals surface area contributed by atoms with Crippen LogP contribution in [0.1, 0.15) is 15.9 Å². The van der Waals surface area contributed by atoms with E-state index in [-0.39, 0.29) is 16.8 Å². The molecule has 0 heterocycles. The number of amides is 1. The van der Waals surface area contributed by atoms with Crippen LogP contribution >= 0.6 is 0 Å². The third-order valence-electron chi connectivity index (χ3n) is 2.59. The van der Waals surface area contributed by atoms with Crippen LogP contribution in [-0.4, -0.2) is 17.0 Å². The molecule has 106 valence electrons. The minimum Gasteiger partial charge on any atom is -0.267 e. The number of hydrazone groups is 1. The number of rotatable bonds is 4. The first-order valence-corrected chi connectivity index (χ1v) is 5.90. The normalized spacial score (nSPS) is 10.5. The SMILES string of the molecule is O=C(N/N=C/c1ccccc1F)c1cccc([N+](=O)[O-])c1. The largest absolute Gasteiger partial charge is 0.271 e. The molecule has 21 heavy (non-hydrogen) atoms. The highest BCUT2D eigenvalue weighted by Gasteiger charge is 2.10. The summed E-state index contributed by atoms with van der Waals surface area (Å²) in [5, 5.41) is 14.2. The van der Waals surface area contributed by atoms with Gasteiger partial charge in [0.05, 0.1) is 11.1 Å². The Morgan fingerprint density at radius 3 is 2.71 bits per heavy atom. The van der Waals surface area contributed by atoms with Crippen LogP contribution in [0.25, 0.3) is 0 Å². The molecule has 1 amide bonds. The van der Waals surface area contributed by atoms with Gasteiger partial charge in [-0.25, -0.2) is 9.82 Å². The van der Waals surface area contributed by atoms with Gasteiger partial charge >= 0.3 is 0 Å². The third kappa shape index (κ3) is 3.69. The molecular weight excluding hydrogens is 277 g/mol. The first kappa shape index (κ1) is 14.3. The maximum absolute atomic E-state index is 13.3. The quantitative estimate of drug-likeness (QED) is 0.532. The van der Waals surface area contributed by atoms with Crippen LogP contribution in [0.3, 0.4) is 0 Å². The van der Waals surface area contributed by atoms with Gasteiger partial charge in [-0.15, -0.1) is 0 Å². The van der Waals surface area contributed by atoms with Gasteiger partial charge in [0, 0.05) is 23.3 Å². The van der Waals surface area contributed by atoms with Gasteiger partial charge in [-0.1, -0.05) is 24.3 Å². The molecular formula is C14H10FN3O3. The van der Waals surface area contributed by atoms with Crippen LogP contribution in [0.4, 0.5) is 10.1 Å². The summed E-state index contributed by atoms with van der Waals surface area (Å²) in [6, 6.07) is 11.2. The van der Waals surface area contributed by atoms with Crippen molar-refractivity contribution in [2.24, 2.45) is 5.10 Å². The number of carbonyl (C=O) groups is 1. The van der Waals surface area contributed by atoms with Crippen LogP contribution in [0.15, 0.2) is 53.6 Å². The molecule has 0 atom stereocenters. The standard InChI is InChI=1S/C14H10FN3O3/c15-13-7-2-1-4-11(13)9-16-17-14(19)10-5-3-6-12(8-10)18(20)21/h1-9H,(H,17,19)/b16-9+. The van der Waals surface area contributed by atoms with E-state index in [0.717, 1.165) is 12.3 Å². The maximum atomic E-state index is 13.3. The van der Waals surface area contributed by atoms with Gasteiger partial charge in [-0.05, 0) is 12.1 Å². The fraction of sp³-hybridized carbons (Fsp3) is 0. The molecule has 0 aliphatic heterocycles. The highest BCUT2D eigenvalue weighted by atomic mass is 19.1. The number of halogens is 1. The number of nitro benzene ring substituents is 1. The average molecular weight is 287 g/mol. The van der Waals surface area contributed by atoms with Crippen molar-refractivity contribution in [3.8, 4) is 0 Å². The monoisotopic (exact) mass is 287 g/mol. The highest BCUT2D eigenvalue weighted by molar-refractivity contribution is 5.95. The molecule has 7 heteroatoms. The van der Waals surface area contributed by atoms with Crippen LogP contribution in [0.2, 0.25) is 0 Å². The summed E-state index contributed by atoms with van der Waals surface area (Å²) in [5.41, 5.74) is 2.30. The molecule has 6 nitrogen and oxygen atoms in total. The minimum atomic E-state index is -0.619. The molecule has 2 aromatic rings. The fourth-order valence-electron chi connectivity index (χ4n) is 1.57. The van der Waals surface area contributed by atoms with Gasteiger partial charge in [-0.2, -0.15) is 5.10 Å². The molecule has 0 fully saturated rings. The van der Waals surface area contributed by atoms with E-state index < -0.39 is 16.6 Å². The van der Waals surface area contributed by atoms with Crippen molar-refractivity contribution in [2.75, 3.05) is 0 Å². The van der Waals surface area contributed by atoms with E-state index in [0.29, 0.717) is 0 Å². The van der Waals surface area contributed by atoms with Gasteiger partial charge < -0.3 is 0 Å². The summed E-state index contributed by atoms with van der Waals surface area (Å²) in [6.07, 6.45) is 1.16. The Bertz CT molecular complexity index is 716. The molecule has 1 N–H and O–H groups in total. The van der Waals surface area contributed by atoms with Crippen molar-refractivity contribution in [2.45, 2.75) is 0 Å². The first-order chi connectivity index (χ1) is 10.1. The number of non-ortho nitro benzene ring substituents is 1. The van der Waals surface area contributed by atoms with Crippen LogP contribution in [0.5, 0.6) is 0 Å². The second-order valence-electron chi connectivity index (χ2n) is 4.03. The second kappa shape index (κ2) is 6.38. The predicted octanol–water partition coefficient (Wildman–Crippen LogP) is 2.50. The van der Waals surface area contributed by atoms with Gasteiger partial charge in [0.25, 0.3) is 11.6 Å². The van der Waals surface area contributed by atoms with E-state index in [2.05, 4.69) is 10.5 Å². The lowest BCUT2D eigenvalue weighted by molar-refractivity contribution is -0.384. The Balaban J connectivity index is 2.07. The molecule has 0 bridgehead atoms. The van der Waals surface area contributed by atoms with E-state index in [1.165, 1.54) is 36.4 Å². The lowest BCUT2D eigenvalue weighted by atomic mass is 10.2. The molecule has 0 aliphatic carbocycles. The number of hydrogen-bond donors (Lipinski definition) is 1. The maximum Gasteiger partial charge on any atom is 0.271 e. The molecule has 0 radical (unpaired) electrons. The van der Waals surface area contributed by atoms with Crippen molar-refractivity contribution in [1.29, 1.82) is 0 Å². The summed E-state index contributed by atoms with van der Waals surface area (Å²) in [6.45, 7) is 0. The molecule has 0 spiro atoms. The van der Waals surface area contributed by atoms with Gasteiger partial charge in [0.1, 0.15) is 5.82 Å². The smallest absolute Gasteiger partial charge is 0.267 e. The predicted molar refractivity (Wildman–Crippen MR) is 74.6 cm³/mol. The van der Waals surface area contributed by atoms with Crippen LogP contribution < -0.4 is 5.43 Å². The number of carbonyl (C=O) groups excluding carboxylic acids is 1. The van der Waals surface area contributed by atoms with Crippen molar-refractivity contribution < 1.29 is 14.1 Å². The van der Waals surface area contributed by atoms with Crippen LogP contribution in [0, 0.1) is 15.9 Å². The Labute approximate surface area is 119 Å². The molecule has 0 aromatic heterocycles. The van der Waals surface area contributed by atoms with Gasteiger partial charge in [0.15, 0.2) is 0 Å². The lowest BCUT2D eigenvalue weighted by Gasteiger charge is -2.00. The van der Waals surface area contributed by atoms with E-state index in [4.69, 9.17) is 0 Å². The summed E-state index contributed by atoms with van der Waals surface area (Å²) >= 11 is 0. The van der Waals surface area contributed by atoms with Crippen molar-refractivity contribution in [3.05, 3.63) is 75.6 Å². The number of benzene rings is 2. The molecule has 0 saturated heterocycles. The van der Waals surface area contributed by atoms with E-state index >= 15 is 0 Å². The third-order valence-corrected chi connectivity index (χ3v) is 2.59. The number of nitrogens with zero attached hydrogens (tertiary/aromatic N) is 2. The summed E-state index contributed by atoms with van der Waals surface area (Å²) in [5.74, 6) is -1.09. The Hall–Kier alpha value is -3.09. The molecule has 2 rings (SSSR count). The van der Waals surface area contributed by atoms with Crippen LogP contribution in [-0.2, 0) is 0 Å². The topological polar surface area (TPSA) is 84.6 Å². The minimum absolute atomic E-state index is 0.0925. The highest BCUT2D eigenvalue weighted by Crippen LogP contribution is 2.12. The average Bonchev–Trinajstić information content (AvgIpc) is 2.49. The van der Waals surface area contributed by atoms with Crippen molar-refractivity contribution in [1.82, 2.24) is 5.43 Å². The second-order valence-corrected chi connectivity index (χ2v) is 4.03. The molecule has 0 unspecified atom stereocenters.